The van der Waals surface area contributed by atoms with Crippen molar-refractivity contribution in [1.82, 2.24) is 0 Å². The first-order valence-corrected chi connectivity index (χ1v) is 5.67. The number of aliphatic hydroxyl groups is 4. The molecule has 0 heterocycles. The summed E-state index contributed by atoms with van der Waals surface area (Å²) in [6, 6.07) is 0. The molecule has 0 aliphatic rings. The Morgan fingerprint density at radius 1 is 1.06 bits per heavy atom. The van der Waals surface area contributed by atoms with Crippen LogP contribution in [0, 0.1) is 5.41 Å². The number of rotatable bonds is 7. The van der Waals surface area contributed by atoms with E-state index in [0.29, 0.717) is 5.57 Å². The molecule has 4 N–H and O–H groups in total. The third kappa shape index (κ3) is 3.78. The lowest BCUT2D eigenvalue weighted by Crippen LogP contribution is -2.49. The van der Waals surface area contributed by atoms with Gasteiger partial charge in [0.15, 0.2) is 0 Å². The minimum Gasteiger partial charge on any atom is -0.456 e. The molecule has 1 unspecified atom stereocenters. The van der Waals surface area contributed by atoms with E-state index in [9.17, 15) is 25.2 Å². The number of ether oxygens (including phenoxy) is 1. The molecule has 106 valence electrons. The second-order valence-electron chi connectivity index (χ2n) is 4.54. The molecule has 0 aromatic carbocycles. The van der Waals surface area contributed by atoms with Gasteiger partial charge in [-0.15, -0.1) is 0 Å². The van der Waals surface area contributed by atoms with Crippen molar-refractivity contribution in [2.75, 3.05) is 26.4 Å². The van der Waals surface area contributed by atoms with Gasteiger partial charge in [0.05, 0.1) is 31.8 Å². The van der Waals surface area contributed by atoms with E-state index >= 15 is 0 Å². The zero-order chi connectivity index (χ0) is 14.3. The first-order chi connectivity index (χ1) is 8.38. The molecular weight excluding hydrogens is 240 g/mol. The van der Waals surface area contributed by atoms with Crippen LogP contribution in [0.1, 0.15) is 20.8 Å². The Bertz CT molecular complexity index is 293. The van der Waals surface area contributed by atoms with Crippen molar-refractivity contribution in [2.24, 2.45) is 5.41 Å². The second-order valence-corrected chi connectivity index (χ2v) is 4.54. The lowest BCUT2D eigenvalue weighted by molar-refractivity contribution is -0.166. The minimum atomic E-state index is -1.45. The molecule has 18 heavy (non-hydrogen) atoms. The lowest BCUT2D eigenvalue weighted by Gasteiger charge is -2.34. The van der Waals surface area contributed by atoms with E-state index in [1.807, 2.05) is 0 Å². The number of aliphatic hydroxyl groups excluding tert-OH is 4. The Morgan fingerprint density at radius 3 is 1.78 bits per heavy atom. The molecule has 6 nitrogen and oxygen atoms in total. The van der Waals surface area contributed by atoms with Crippen molar-refractivity contribution >= 4 is 5.97 Å². The predicted octanol–water partition coefficient (Wildman–Crippen LogP) is -0.790. The molecule has 0 aromatic rings. The molecule has 1 atom stereocenters. The largest absolute Gasteiger partial charge is 0.456 e. The molecule has 0 aromatic heterocycles. The number of carbonyl (C=O) groups excluding carboxylic acids is 1. The highest BCUT2D eigenvalue weighted by atomic mass is 16.6. The van der Waals surface area contributed by atoms with Crippen LogP contribution in [0.4, 0.5) is 0 Å². The van der Waals surface area contributed by atoms with Gasteiger partial charge >= 0.3 is 5.97 Å². The number of carbonyl (C=O) groups is 1. The summed E-state index contributed by atoms with van der Waals surface area (Å²) in [5.74, 6) is -0.645. The fourth-order valence-electron chi connectivity index (χ4n) is 1.23. The summed E-state index contributed by atoms with van der Waals surface area (Å²) in [5, 5.41) is 36.8. The van der Waals surface area contributed by atoms with E-state index < -0.39 is 43.9 Å². The van der Waals surface area contributed by atoms with Gasteiger partial charge in [0, 0.05) is 5.57 Å². The summed E-state index contributed by atoms with van der Waals surface area (Å²) in [7, 11) is 0. The Kier molecular flexibility index (Phi) is 7.08. The number of esters is 1. The van der Waals surface area contributed by atoms with Crippen molar-refractivity contribution in [3.05, 3.63) is 11.1 Å². The number of hydrogen-bond donors (Lipinski definition) is 4. The smallest absolute Gasteiger partial charge is 0.334 e. The normalized spacial score (nSPS) is 13.1. The minimum absolute atomic E-state index is 0.385. The molecule has 6 heteroatoms. The average Bonchev–Trinajstić information content (AvgIpc) is 2.38. The molecule has 0 bridgehead atoms. The maximum Gasteiger partial charge on any atom is 0.334 e. The van der Waals surface area contributed by atoms with Crippen LogP contribution in [0.15, 0.2) is 11.1 Å². The lowest BCUT2D eigenvalue weighted by atomic mass is 9.84. The Hall–Kier alpha value is -0.950. The van der Waals surface area contributed by atoms with Gasteiger partial charge in [0.25, 0.3) is 0 Å². The van der Waals surface area contributed by atoms with Crippen LogP contribution in [0.3, 0.4) is 0 Å². The molecule has 0 saturated heterocycles. The van der Waals surface area contributed by atoms with Crippen LogP contribution in [-0.2, 0) is 9.53 Å². The van der Waals surface area contributed by atoms with Gasteiger partial charge in [-0.2, -0.15) is 0 Å². The van der Waals surface area contributed by atoms with E-state index in [2.05, 4.69) is 0 Å². The van der Waals surface area contributed by atoms with Gasteiger partial charge in [0.2, 0.25) is 0 Å². The SMILES string of the molecule is CC(C)=C(C)C(=O)OC(CO)C(CO)(CO)CO. The highest BCUT2D eigenvalue weighted by Crippen LogP contribution is 2.24. The van der Waals surface area contributed by atoms with Crippen molar-refractivity contribution in [1.29, 1.82) is 0 Å². The molecule has 0 saturated carbocycles. The summed E-state index contributed by atoms with van der Waals surface area (Å²) < 4.78 is 5.03. The van der Waals surface area contributed by atoms with E-state index in [4.69, 9.17) is 4.74 Å². The molecule has 0 radical (unpaired) electrons. The third-order valence-corrected chi connectivity index (χ3v) is 3.10. The summed E-state index contributed by atoms with van der Waals surface area (Å²) in [6.45, 7) is 2.64. The number of hydrogen-bond acceptors (Lipinski definition) is 6. The predicted molar refractivity (Wildman–Crippen MR) is 64.7 cm³/mol. The standard InChI is InChI=1S/C12H22O6/c1-8(2)9(3)11(17)18-10(4-13)12(5-14,6-15)7-16/h10,13-16H,4-7H2,1-3H3. The maximum absolute atomic E-state index is 11.7. The fraction of sp³-hybridized carbons (Fsp3) is 0.750. The van der Waals surface area contributed by atoms with E-state index in [-0.39, 0.29) is 0 Å². The summed E-state index contributed by atoms with van der Waals surface area (Å²) in [5.41, 5.74) is -0.303. The first-order valence-electron chi connectivity index (χ1n) is 5.67. The van der Waals surface area contributed by atoms with Crippen LogP contribution in [0.25, 0.3) is 0 Å². The van der Waals surface area contributed by atoms with Gasteiger partial charge < -0.3 is 25.2 Å². The van der Waals surface area contributed by atoms with Crippen LogP contribution in [0.2, 0.25) is 0 Å². The first kappa shape index (κ1) is 17.1. The van der Waals surface area contributed by atoms with E-state index in [0.717, 1.165) is 5.57 Å². The molecule has 0 aliphatic carbocycles. The van der Waals surface area contributed by atoms with Crippen LogP contribution >= 0.6 is 0 Å². The van der Waals surface area contributed by atoms with E-state index in [1.54, 1.807) is 20.8 Å². The van der Waals surface area contributed by atoms with Crippen LogP contribution in [-0.4, -0.2) is 58.9 Å². The van der Waals surface area contributed by atoms with Crippen molar-refractivity contribution in [3.8, 4) is 0 Å². The van der Waals surface area contributed by atoms with Gasteiger partial charge in [-0.25, -0.2) is 4.79 Å². The molecule has 0 aliphatic heterocycles. The summed E-state index contributed by atoms with van der Waals surface area (Å²) in [4.78, 5) is 11.7. The topological polar surface area (TPSA) is 107 Å². The second kappa shape index (κ2) is 7.48. The Balaban J connectivity index is 5.01. The molecule has 0 rings (SSSR count). The van der Waals surface area contributed by atoms with E-state index in [1.165, 1.54) is 0 Å². The average molecular weight is 262 g/mol. The highest BCUT2D eigenvalue weighted by molar-refractivity contribution is 5.88. The molecule has 0 spiro atoms. The molecule has 0 amide bonds. The zero-order valence-electron chi connectivity index (χ0n) is 11.0. The van der Waals surface area contributed by atoms with Gasteiger partial charge in [-0.05, 0) is 20.8 Å². The van der Waals surface area contributed by atoms with Crippen molar-refractivity contribution in [2.45, 2.75) is 26.9 Å². The monoisotopic (exact) mass is 262 g/mol. The molecule has 0 fully saturated rings. The Morgan fingerprint density at radius 2 is 1.50 bits per heavy atom. The highest BCUT2D eigenvalue weighted by Gasteiger charge is 2.40. The quantitative estimate of drug-likeness (QED) is 0.354. The van der Waals surface area contributed by atoms with Gasteiger partial charge in [-0.1, -0.05) is 5.57 Å². The van der Waals surface area contributed by atoms with Crippen molar-refractivity contribution in [3.63, 3.8) is 0 Å². The van der Waals surface area contributed by atoms with Gasteiger partial charge in [0.1, 0.15) is 6.10 Å². The van der Waals surface area contributed by atoms with Crippen LogP contribution in [0.5, 0.6) is 0 Å². The zero-order valence-corrected chi connectivity index (χ0v) is 11.0. The fourth-order valence-corrected chi connectivity index (χ4v) is 1.23. The summed E-state index contributed by atoms with van der Waals surface area (Å²) >= 11 is 0. The third-order valence-electron chi connectivity index (χ3n) is 3.10. The maximum atomic E-state index is 11.7. The molecular formula is C12H22O6. The number of allylic oxidation sites excluding steroid dienone is 1. The van der Waals surface area contributed by atoms with Crippen molar-refractivity contribution < 1.29 is 30.0 Å². The van der Waals surface area contributed by atoms with Gasteiger partial charge in [-0.3, -0.25) is 0 Å². The Labute approximate surface area is 107 Å². The summed E-state index contributed by atoms with van der Waals surface area (Å²) in [6.07, 6.45) is -1.17. The van der Waals surface area contributed by atoms with Crippen LogP contribution < -0.4 is 0 Å².